The van der Waals surface area contributed by atoms with Crippen molar-refractivity contribution in [3.8, 4) is 0 Å². The minimum absolute atomic E-state index is 0.581. The highest BCUT2D eigenvalue weighted by Crippen LogP contribution is 2.33. The zero-order chi connectivity index (χ0) is 14.8. The minimum atomic E-state index is -4.27. The Kier molecular flexibility index (Phi) is 4.61. The number of nitrogens with one attached hydrogen (secondary N) is 1. The van der Waals surface area contributed by atoms with Crippen LogP contribution < -0.4 is 5.32 Å². The molecule has 20 heavy (non-hydrogen) atoms. The second-order valence-corrected chi connectivity index (χ2v) is 6.03. The van der Waals surface area contributed by atoms with E-state index in [4.69, 9.17) is 0 Å². The Labute approximate surface area is 118 Å². The molecule has 1 saturated carbocycles. The monoisotopic (exact) mass is 285 g/mol. The lowest BCUT2D eigenvalue weighted by Crippen LogP contribution is -2.20. The summed E-state index contributed by atoms with van der Waals surface area (Å²) in [7, 11) is 0. The molecule has 2 rings (SSSR count). The lowest BCUT2D eigenvalue weighted by molar-refractivity contribution is -0.137. The molecule has 0 saturated heterocycles. The third-order valence-electron chi connectivity index (χ3n) is 4.28. The van der Waals surface area contributed by atoms with Gasteiger partial charge in [-0.25, -0.2) is 0 Å². The van der Waals surface area contributed by atoms with Gasteiger partial charge >= 0.3 is 6.18 Å². The van der Waals surface area contributed by atoms with Crippen LogP contribution in [0.1, 0.15) is 43.7 Å². The fraction of sp³-hybridized carbons (Fsp3) is 0.625. The van der Waals surface area contributed by atoms with Gasteiger partial charge in [0.2, 0.25) is 0 Å². The van der Waals surface area contributed by atoms with E-state index in [2.05, 4.69) is 12.2 Å². The average molecular weight is 285 g/mol. The van der Waals surface area contributed by atoms with Crippen molar-refractivity contribution in [2.24, 2.45) is 11.8 Å². The molecular weight excluding hydrogens is 263 g/mol. The highest BCUT2D eigenvalue weighted by atomic mass is 19.4. The SMILES string of the molecule is Cc1ccc(C(F)(F)F)cc1NCC1CCC(C)CC1. The number of anilines is 1. The number of hydrogen-bond acceptors (Lipinski definition) is 1. The van der Waals surface area contributed by atoms with Crippen LogP contribution in [0.5, 0.6) is 0 Å². The smallest absolute Gasteiger partial charge is 0.385 e. The Hall–Kier alpha value is -1.19. The molecule has 1 aliphatic carbocycles. The first-order valence-corrected chi connectivity index (χ1v) is 7.28. The Bertz CT molecular complexity index is 446. The van der Waals surface area contributed by atoms with E-state index in [0.717, 1.165) is 24.1 Å². The van der Waals surface area contributed by atoms with Crippen LogP contribution in [0.2, 0.25) is 0 Å². The molecule has 0 unspecified atom stereocenters. The summed E-state index contributed by atoms with van der Waals surface area (Å²) in [6.07, 6.45) is 0.532. The average Bonchev–Trinajstić information content (AvgIpc) is 2.38. The molecule has 1 aromatic rings. The Morgan fingerprint density at radius 2 is 1.80 bits per heavy atom. The quantitative estimate of drug-likeness (QED) is 0.799. The predicted molar refractivity (Wildman–Crippen MR) is 75.8 cm³/mol. The Balaban J connectivity index is 1.98. The fourth-order valence-electron chi connectivity index (χ4n) is 2.78. The van der Waals surface area contributed by atoms with Crippen molar-refractivity contribution in [2.45, 2.75) is 45.7 Å². The van der Waals surface area contributed by atoms with Crippen molar-refractivity contribution in [3.05, 3.63) is 29.3 Å². The van der Waals surface area contributed by atoms with E-state index < -0.39 is 11.7 Å². The van der Waals surface area contributed by atoms with E-state index in [-0.39, 0.29) is 0 Å². The first-order chi connectivity index (χ1) is 9.36. The first kappa shape index (κ1) is 15.2. The molecule has 112 valence electrons. The third kappa shape index (κ3) is 3.90. The summed E-state index contributed by atoms with van der Waals surface area (Å²) in [4.78, 5) is 0. The summed E-state index contributed by atoms with van der Waals surface area (Å²) in [6, 6.07) is 3.90. The standard InChI is InChI=1S/C16H22F3N/c1-11-3-6-13(7-4-11)10-20-15-9-14(16(17,18)19)8-5-12(15)2/h5,8-9,11,13,20H,3-4,6-7,10H2,1-2H3. The van der Waals surface area contributed by atoms with Crippen LogP contribution in [0, 0.1) is 18.8 Å². The summed E-state index contributed by atoms with van der Waals surface area (Å²) in [5.74, 6) is 1.38. The number of benzene rings is 1. The highest BCUT2D eigenvalue weighted by Gasteiger charge is 2.30. The molecular formula is C16H22F3N. The van der Waals surface area contributed by atoms with E-state index in [1.807, 2.05) is 6.92 Å². The second-order valence-electron chi connectivity index (χ2n) is 6.03. The van der Waals surface area contributed by atoms with Crippen LogP contribution in [0.4, 0.5) is 18.9 Å². The Morgan fingerprint density at radius 1 is 1.15 bits per heavy atom. The molecule has 4 heteroatoms. The van der Waals surface area contributed by atoms with Crippen molar-refractivity contribution in [3.63, 3.8) is 0 Å². The summed E-state index contributed by atoms with van der Waals surface area (Å²) in [6.45, 7) is 4.88. The van der Waals surface area contributed by atoms with Crippen LogP contribution >= 0.6 is 0 Å². The highest BCUT2D eigenvalue weighted by molar-refractivity contribution is 5.53. The Morgan fingerprint density at radius 3 is 2.40 bits per heavy atom. The zero-order valence-corrected chi connectivity index (χ0v) is 12.1. The molecule has 0 amide bonds. The van der Waals surface area contributed by atoms with Gasteiger partial charge in [0.1, 0.15) is 0 Å². The summed E-state index contributed by atoms with van der Waals surface area (Å²) in [5.41, 5.74) is 0.892. The third-order valence-corrected chi connectivity index (χ3v) is 4.28. The maximum atomic E-state index is 12.7. The van der Waals surface area contributed by atoms with Crippen LogP contribution in [0.3, 0.4) is 0 Å². The first-order valence-electron chi connectivity index (χ1n) is 7.28. The molecule has 0 heterocycles. The molecule has 0 spiro atoms. The molecule has 1 aromatic carbocycles. The molecule has 1 fully saturated rings. The van der Waals surface area contributed by atoms with Crippen LogP contribution in [0.15, 0.2) is 18.2 Å². The lowest BCUT2D eigenvalue weighted by Gasteiger charge is -2.27. The molecule has 1 aliphatic rings. The van der Waals surface area contributed by atoms with Crippen molar-refractivity contribution < 1.29 is 13.2 Å². The molecule has 1 N–H and O–H groups in total. The van der Waals surface area contributed by atoms with Crippen molar-refractivity contribution >= 4 is 5.69 Å². The van der Waals surface area contributed by atoms with Gasteiger partial charge in [-0.3, -0.25) is 0 Å². The topological polar surface area (TPSA) is 12.0 Å². The van der Waals surface area contributed by atoms with Gasteiger partial charge < -0.3 is 5.32 Å². The molecule has 0 atom stereocenters. The molecule has 1 nitrogen and oxygen atoms in total. The maximum absolute atomic E-state index is 12.7. The van der Waals surface area contributed by atoms with Crippen molar-refractivity contribution in [1.82, 2.24) is 0 Å². The van der Waals surface area contributed by atoms with Gasteiger partial charge in [-0.1, -0.05) is 25.8 Å². The van der Waals surface area contributed by atoms with E-state index in [9.17, 15) is 13.2 Å². The van der Waals surface area contributed by atoms with Crippen molar-refractivity contribution in [2.75, 3.05) is 11.9 Å². The van der Waals surface area contributed by atoms with E-state index >= 15 is 0 Å². The van der Waals surface area contributed by atoms with Gasteiger partial charge in [0, 0.05) is 12.2 Å². The molecule has 0 aliphatic heterocycles. The van der Waals surface area contributed by atoms with Crippen LogP contribution in [-0.4, -0.2) is 6.54 Å². The number of rotatable bonds is 3. The number of aryl methyl sites for hydroxylation is 1. The predicted octanol–water partition coefficient (Wildman–Crippen LogP) is 5.25. The summed E-state index contributed by atoms with van der Waals surface area (Å²) in [5, 5.41) is 3.21. The van der Waals surface area contributed by atoms with E-state index in [1.165, 1.54) is 37.8 Å². The fourth-order valence-corrected chi connectivity index (χ4v) is 2.78. The summed E-state index contributed by atoms with van der Waals surface area (Å²) >= 11 is 0. The van der Waals surface area contributed by atoms with Gasteiger partial charge in [-0.05, 0) is 49.3 Å². The lowest BCUT2D eigenvalue weighted by atomic mass is 9.83. The number of alkyl halides is 3. The molecule has 0 bridgehead atoms. The van der Waals surface area contributed by atoms with E-state index in [0.29, 0.717) is 11.6 Å². The second kappa shape index (κ2) is 6.06. The summed E-state index contributed by atoms with van der Waals surface area (Å²) < 4.78 is 38.1. The largest absolute Gasteiger partial charge is 0.416 e. The normalized spacial score (nSPS) is 23.6. The van der Waals surface area contributed by atoms with Crippen LogP contribution in [0.25, 0.3) is 0 Å². The van der Waals surface area contributed by atoms with Gasteiger partial charge in [0.05, 0.1) is 5.56 Å². The van der Waals surface area contributed by atoms with E-state index in [1.54, 1.807) is 0 Å². The van der Waals surface area contributed by atoms with Crippen molar-refractivity contribution in [1.29, 1.82) is 0 Å². The van der Waals surface area contributed by atoms with Crippen LogP contribution in [-0.2, 0) is 6.18 Å². The minimum Gasteiger partial charge on any atom is -0.385 e. The van der Waals surface area contributed by atoms with Gasteiger partial charge in [-0.15, -0.1) is 0 Å². The molecule has 0 radical (unpaired) electrons. The van der Waals surface area contributed by atoms with Gasteiger partial charge in [0.25, 0.3) is 0 Å². The zero-order valence-electron chi connectivity index (χ0n) is 12.1. The maximum Gasteiger partial charge on any atom is 0.416 e. The van der Waals surface area contributed by atoms with Gasteiger partial charge in [0.15, 0.2) is 0 Å². The number of hydrogen-bond donors (Lipinski definition) is 1. The molecule has 0 aromatic heterocycles. The number of halogens is 3. The van der Waals surface area contributed by atoms with Gasteiger partial charge in [-0.2, -0.15) is 13.2 Å².